The van der Waals surface area contributed by atoms with Gasteiger partial charge in [-0.05, 0) is 18.2 Å². The lowest BCUT2D eigenvalue weighted by Gasteiger charge is -2.36. The van der Waals surface area contributed by atoms with E-state index in [-0.39, 0.29) is 18.6 Å². The molecule has 1 aromatic carbocycles. The molecule has 138 valence electrons. The third kappa shape index (κ3) is 4.12. The van der Waals surface area contributed by atoms with Crippen LogP contribution in [0.5, 0.6) is 5.75 Å². The molecular formula is C19H23N3O4. The first-order valence-electron chi connectivity index (χ1n) is 8.44. The van der Waals surface area contributed by atoms with Gasteiger partial charge in [0.25, 0.3) is 0 Å². The molecule has 0 bridgehead atoms. The highest BCUT2D eigenvalue weighted by Crippen LogP contribution is 2.32. The van der Waals surface area contributed by atoms with Crippen LogP contribution in [0, 0.1) is 0 Å². The second-order valence-corrected chi connectivity index (χ2v) is 5.93. The van der Waals surface area contributed by atoms with Crippen LogP contribution in [-0.2, 0) is 14.3 Å². The molecule has 0 aliphatic carbocycles. The second-order valence-electron chi connectivity index (χ2n) is 5.93. The molecule has 0 saturated carbocycles. The van der Waals surface area contributed by atoms with Gasteiger partial charge in [0.1, 0.15) is 12.4 Å². The molecule has 1 unspecified atom stereocenters. The van der Waals surface area contributed by atoms with Crippen molar-refractivity contribution in [2.75, 3.05) is 45.9 Å². The van der Waals surface area contributed by atoms with E-state index in [0.29, 0.717) is 19.8 Å². The summed E-state index contributed by atoms with van der Waals surface area (Å²) in [7, 11) is 3.26. The van der Waals surface area contributed by atoms with Crippen LogP contribution in [-0.4, -0.2) is 56.4 Å². The Kier molecular flexibility index (Phi) is 6.04. The lowest BCUT2D eigenvalue weighted by molar-refractivity contribution is -0.149. The zero-order valence-corrected chi connectivity index (χ0v) is 15.0. The minimum absolute atomic E-state index is 0.0468. The molecular weight excluding hydrogens is 334 g/mol. The molecule has 7 heteroatoms. The molecule has 7 nitrogen and oxygen atoms in total. The van der Waals surface area contributed by atoms with E-state index >= 15 is 0 Å². The maximum absolute atomic E-state index is 12.3. The number of carbonyl (C=O) groups is 1. The molecule has 2 aromatic rings. The number of pyridine rings is 1. The highest BCUT2D eigenvalue weighted by molar-refractivity contribution is 5.79. The van der Waals surface area contributed by atoms with Gasteiger partial charge in [-0.2, -0.15) is 0 Å². The molecule has 1 atom stereocenters. The van der Waals surface area contributed by atoms with E-state index in [2.05, 4.69) is 10.3 Å². The largest absolute Gasteiger partial charge is 0.497 e. The first-order chi connectivity index (χ1) is 12.7. The quantitative estimate of drug-likeness (QED) is 0.820. The summed E-state index contributed by atoms with van der Waals surface area (Å²) >= 11 is 0. The zero-order valence-electron chi connectivity index (χ0n) is 15.0. The van der Waals surface area contributed by atoms with Crippen LogP contribution in [0.15, 0.2) is 42.7 Å². The number of anilines is 2. The van der Waals surface area contributed by atoms with Crippen LogP contribution in [0.2, 0.25) is 0 Å². The fraction of sp³-hybridized carbons (Fsp3) is 0.368. The number of rotatable bonds is 7. The summed E-state index contributed by atoms with van der Waals surface area (Å²) in [6.07, 6.45) is 3.49. The maximum Gasteiger partial charge on any atom is 0.249 e. The number of ether oxygens (including phenoxy) is 3. The first-order valence-corrected chi connectivity index (χ1v) is 8.44. The van der Waals surface area contributed by atoms with Gasteiger partial charge < -0.3 is 24.4 Å². The SMILES string of the molecule is COCCN1C(=O)COCC1c1cnccc1Nc1cccc(OC)c1. The predicted octanol–water partition coefficient (Wildman–Crippen LogP) is 2.38. The lowest BCUT2D eigenvalue weighted by Crippen LogP contribution is -2.45. The number of nitrogens with one attached hydrogen (secondary N) is 1. The Morgan fingerprint density at radius 1 is 1.35 bits per heavy atom. The molecule has 0 radical (unpaired) electrons. The molecule has 3 rings (SSSR count). The summed E-state index contributed by atoms with van der Waals surface area (Å²) in [4.78, 5) is 18.4. The summed E-state index contributed by atoms with van der Waals surface area (Å²) in [6, 6.07) is 9.35. The molecule has 1 aliphatic heterocycles. The van der Waals surface area contributed by atoms with Crippen molar-refractivity contribution in [2.24, 2.45) is 0 Å². The topological polar surface area (TPSA) is 72.9 Å². The van der Waals surface area contributed by atoms with E-state index in [1.165, 1.54) is 0 Å². The average molecular weight is 357 g/mol. The minimum Gasteiger partial charge on any atom is -0.497 e. The van der Waals surface area contributed by atoms with Crippen molar-refractivity contribution in [2.45, 2.75) is 6.04 Å². The van der Waals surface area contributed by atoms with Gasteiger partial charge in [0.15, 0.2) is 0 Å². The number of nitrogens with zero attached hydrogens (tertiary/aromatic N) is 2. The number of aromatic nitrogens is 1. The van der Waals surface area contributed by atoms with Crippen LogP contribution in [0.25, 0.3) is 0 Å². The van der Waals surface area contributed by atoms with E-state index < -0.39 is 0 Å². The number of carbonyl (C=O) groups excluding carboxylic acids is 1. The third-order valence-electron chi connectivity index (χ3n) is 4.29. The Morgan fingerprint density at radius 3 is 3.04 bits per heavy atom. The number of amides is 1. The molecule has 1 amide bonds. The Bertz CT molecular complexity index is 753. The minimum atomic E-state index is -0.215. The van der Waals surface area contributed by atoms with Crippen LogP contribution in [0.3, 0.4) is 0 Å². The van der Waals surface area contributed by atoms with E-state index in [1.54, 1.807) is 31.5 Å². The second kappa shape index (κ2) is 8.64. The molecule has 26 heavy (non-hydrogen) atoms. The van der Waals surface area contributed by atoms with Crippen LogP contribution in [0.4, 0.5) is 11.4 Å². The van der Waals surface area contributed by atoms with Crippen LogP contribution < -0.4 is 10.1 Å². The number of morpholine rings is 1. The average Bonchev–Trinajstić information content (AvgIpc) is 2.67. The number of methoxy groups -OCH3 is 2. The molecule has 1 aromatic heterocycles. The number of benzene rings is 1. The smallest absolute Gasteiger partial charge is 0.249 e. The van der Waals surface area contributed by atoms with Gasteiger partial charge in [-0.25, -0.2) is 0 Å². The van der Waals surface area contributed by atoms with E-state index in [0.717, 1.165) is 22.7 Å². The monoisotopic (exact) mass is 357 g/mol. The van der Waals surface area contributed by atoms with Crippen molar-refractivity contribution >= 4 is 17.3 Å². The molecule has 1 aliphatic rings. The van der Waals surface area contributed by atoms with E-state index in [9.17, 15) is 4.79 Å². The van der Waals surface area contributed by atoms with Crippen molar-refractivity contribution in [1.82, 2.24) is 9.88 Å². The van der Waals surface area contributed by atoms with Crippen molar-refractivity contribution < 1.29 is 19.0 Å². The van der Waals surface area contributed by atoms with Crippen LogP contribution in [0.1, 0.15) is 11.6 Å². The number of hydrogen-bond donors (Lipinski definition) is 1. The van der Waals surface area contributed by atoms with Crippen molar-refractivity contribution in [3.05, 3.63) is 48.3 Å². The fourth-order valence-electron chi connectivity index (χ4n) is 2.97. The summed E-state index contributed by atoms with van der Waals surface area (Å²) < 4.78 is 15.9. The fourth-order valence-corrected chi connectivity index (χ4v) is 2.97. The van der Waals surface area contributed by atoms with Crippen molar-refractivity contribution in [3.8, 4) is 5.75 Å². The van der Waals surface area contributed by atoms with Gasteiger partial charge in [0, 0.05) is 49.1 Å². The van der Waals surface area contributed by atoms with Crippen molar-refractivity contribution in [3.63, 3.8) is 0 Å². The normalized spacial score (nSPS) is 17.2. The third-order valence-corrected chi connectivity index (χ3v) is 4.29. The Labute approximate surface area is 152 Å². The summed E-state index contributed by atoms with van der Waals surface area (Å²) in [5.41, 5.74) is 2.67. The molecule has 2 heterocycles. The Hall–Kier alpha value is -2.64. The highest BCUT2D eigenvalue weighted by Gasteiger charge is 2.31. The van der Waals surface area contributed by atoms with Gasteiger partial charge in [0.2, 0.25) is 5.91 Å². The molecule has 1 fully saturated rings. The highest BCUT2D eigenvalue weighted by atomic mass is 16.5. The molecule has 1 N–H and O–H groups in total. The van der Waals surface area contributed by atoms with E-state index in [1.807, 2.05) is 30.3 Å². The predicted molar refractivity (Wildman–Crippen MR) is 97.7 cm³/mol. The summed E-state index contributed by atoms with van der Waals surface area (Å²) in [5, 5.41) is 3.39. The van der Waals surface area contributed by atoms with Gasteiger partial charge in [0.05, 0.1) is 26.4 Å². The Balaban J connectivity index is 1.88. The van der Waals surface area contributed by atoms with E-state index in [4.69, 9.17) is 14.2 Å². The summed E-state index contributed by atoms with van der Waals surface area (Å²) in [6.45, 7) is 1.51. The number of hydrogen-bond acceptors (Lipinski definition) is 6. The van der Waals surface area contributed by atoms with Gasteiger partial charge in [-0.1, -0.05) is 6.07 Å². The van der Waals surface area contributed by atoms with Gasteiger partial charge in [-0.3, -0.25) is 9.78 Å². The molecule has 1 saturated heterocycles. The maximum atomic E-state index is 12.3. The first kappa shape index (κ1) is 18.2. The summed E-state index contributed by atoms with van der Waals surface area (Å²) in [5.74, 6) is 0.720. The molecule has 0 spiro atoms. The van der Waals surface area contributed by atoms with Gasteiger partial charge >= 0.3 is 0 Å². The lowest BCUT2D eigenvalue weighted by atomic mass is 10.0. The zero-order chi connectivity index (χ0) is 18.4. The van der Waals surface area contributed by atoms with Crippen LogP contribution >= 0.6 is 0 Å². The Morgan fingerprint density at radius 2 is 2.23 bits per heavy atom. The van der Waals surface area contributed by atoms with Gasteiger partial charge in [-0.15, -0.1) is 0 Å². The van der Waals surface area contributed by atoms with Crippen molar-refractivity contribution in [1.29, 1.82) is 0 Å². The standard InChI is InChI=1S/C19H23N3O4/c1-24-9-8-22-18(12-26-13-19(22)23)16-11-20-7-6-17(16)21-14-4-3-5-15(10-14)25-2/h3-7,10-11,18H,8-9,12-13H2,1-2H3,(H,20,21).